The number of aryl methyl sites for hydroxylation is 1. The molecule has 1 amide bonds. The number of amides is 1. The summed E-state index contributed by atoms with van der Waals surface area (Å²) in [6, 6.07) is 13.3. The Hall–Kier alpha value is -2.49. The molecule has 0 aromatic heterocycles. The molecule has 0 radical (unpaired) electrons. The summed E-state index contributed by atoms with van der Waals surface area (Å²) >= 11 is 0. The molecule has 128 valence electrons. The molecule has 0 unspecified atom stereocenters. The van der Waals surface area contributed by atoms with Gasteiger partial charge < -0.3 is 14.8 Å². The van der Waals surface area contributed by atoms with Gasteiger partial charge in [0.2, 0.25) is 0 Å². The standard InChI is InChI=1S/C20H25NO3/c1-13(2)18-11-6-14(3)12-19(18)24-15(4)20(22)21-16-7-9-17(23-5)10-8-16/h6-13,15H,1-5H3,(H,21,22)/t15-/m0/s1. The van der Waals surface area contributed by atoms with Crippen LogP contribution in [0.4, 0.5) is 5.69 Å². The quantitative estimate of drug-likeness (QED) is 0.848. The van der Waals surface area contributed by atoms with Crippen LogP contribution in [0.1, 0.15) is 37.8 Å². The lowest BCUT2D eigenvalue weighted by molar-refractivity contribution is -0.122. The second-order valence-corrected chi connectivity index (χ2v) is 6.17. The van der Waals surface area contributed by atoms with Crippen molar-refractivity contribution < 1.29 is 14.3 Å². The second-order valence-electron chi connectivity index (χ2n) is 6.17. The number of carbonyl (C=O) groups is 1. The van der Waals surface area contributed by atoms with E-state index in [1.54, 1.807) is 38.3 Å². The molecule has 24 heavy (non-hydrogen) atoms. The van der Waals surface area contributed by atoms with Gasteiger partial charge in [0, 0.05) is 5.69 Å². The molecule has 0 bridgehead atoms. The van der Waals surface area contributed by atoms with E-state index >= 15 is 0 Å². The van der Waals surface area contributed by atoms with Crippen LogP contribution in [0, 0.1) is 6.92 Å². The van der Waals surface area contributed by atoms with E-state index in [2.05, 4.69) is 31.3 Å². The van der Waals surface area contributed by atoms with E-state index in [0.717, 1.165) is 22.6 Å². The number of ether oxygens (including phenoxy) is 2. The monoisotopic (exact) mass is 327 g/mol. The molecule has 0 aliphatic carbocycles. The molecular formula is C20H25NO3. The van der Waals surface area contributed by atoms with E-state index in [4.69, 9.17) is 9.47 Å². The molecule has 0 fully saturated rings. The van der Waals surface area contributed by atoms with Gasteiger partial charge in [0.25, 0.3) is 5.91 Å². The summed E-state index contributed by atoms with van der Waals surface area (Å²) in [6.07, 6.45) is -0.591. The van der Waals surface area contributed by atoms with Crippen LogP contribution in [-0.4, -0.2) is 19.1 Å². The Morgan fingerprint density at radius 2 is 1.71 bits per heavy atom. The van der Waals surface area contributed by atoms with Crippen LogP contribution in [-0.2, 0) is 4.79 Å². The first-order valence-electron chi connectivity index (χ1n) is 8.13. The Labute approximate surface area is 143 Å². The van der Waals surface area contributed by atoms with Crippen molar-refractivity contribution in [1.29, 1.82) is 0 Å². The fraction of sp³-hybridized carbons (Fsp3) is 0.350. The molecule has 0 saturated heterocycles. The molecule has 0 saturated carbocycles. The van der Waals surface area contributed by atoms with Crippen molar-refractivity contribution in [2.45, 2.75) is 39.7 Å². The first-order chi connectivity index (χ1) is 11.4. The maximum atomic E-state index is 12.4. The smallest absolute Gasteiger partial charge is 0.265 e. The van der Waals surface area contributed by atoms with Crippen molar-refractivity contribution in [3.8, 4) is 11.5 Å². The summed E-state index contributed by atoms with van der Waals surface area (Å²) in [5.74, 6) is 1.66. The molecule has 2 aromatic carbocycles. The van der Waals surface area contributed by atoms with Gasteiger partial charge in [-0.3, -0.25) is 4.79 Å². The van der Waals surface area contributed by atoms with Crippen LogP contribution in [0.3, 0.4) is 0 Å². The number of benzene rings is 2. The lowest BCUT2D eigenvalue weighted by atomic mass is 10.0. The van der Waals surface area contributed by atoms with Gasteiger partial charge in [0.05, 0.1) is 7.11 Å². The SMILES string of the molecule is COc1ccc(NC(=O)[C@H](C)Oc2cc(C)ccc2C(C)C)cc1. The maximum Gasteiger partial charge on any atom is 0.265 e. The summed E-state index contributed by atoms with van der Waals surface area (Å²) in [7, 11) is 1.61. The normalized spacial score (nSPS) is 11.9. The Morgan fingerprint density at radius 3 is 2.29 bits per heavy atom. The van der Waals surface area contributed by atoms with Crippen molar-refractivity contribution in [2.75, 3.05) is 12.4 Å². The zero-order valence-electron chi connectivity index (χ0n) is 14.9. The minimum absolute atomic E-state index is 0.184. The van der Waals surface area contributed by atoms with E-state index in [1.165, 1.54) is 0 Å². The molecule has 0 spiro atoms. The highest BCUT2D eigenvalue weighted by molar-refractivity contribution is 5.94. The number of methoxy groups -OCH3 is 1. The zero-order valence-corrected chi connectivity index (χ0v) is 14.9. The van der Waals surface area contributed by atoms with Gasteiger partial charge in [-0.1, -0.05) is 26.0 Å². The highest BCUT2D eigenvalue weighted by Crippen LogP contribution is 2.28. The third-order valence-corrected chi connectivity index (χ3v) is 3.82. The van der Waals surface area contributed by atoms with Crippen LogP contribution in [0.25, 0.3) is 0 Å². The number of anilines is 1. The summed E-state index contributed by atoms with van der Waals surface area (Å²) in [5.41, 5.74) is 2.92. The van der Waals surface area contributed by atoms with Crippen molar-refractivity contribution in [2.24, 2.45) is 0 Å². The second kappa shape index (κ2) is 7.86. The lowest BCUT2D eigenvalue weighted by Gasteiger charge is -2.19. The molecule has 0 aliphatic heterocycles. The Balaban J connectivity index is 2.07. The number of rotatable bonds is 6. The van der Waals surface area contributed by atoms with E-state index in [1.807, 2.05) is 13.0 Å². The van der Waals surface area contributed by atoms with E-state index < -0.39 is 6.10 Å². The minimum atomic E-state index is -0.591. The first kappa shape index (κ1) is 17.9. The van der Waals surface area contributed by atoms with E-state index in [9.17, 15) is 4.79 Å². The van der Waals surface area contributed by atoms with Gasteiger partial charge in [0.1, 0.15) is 11.5 Å². The van der Waals surface area contributed by atoms with Gasteiger partial charge in [-0.05, 0) is 61.2 Å². The van der Waals surface area contributed by atoms with Crippen LogP contribution in [0.2, 0.25) is 0 Å². The molecule has 0 heterocycles. The summed E-state index contributed by atoms with van der Waals surface area (Å²) < 4.78 is 11.0. The molecular weight excluding hydrogens is 302 g/mol. The largest absolute Gasteiger partial charge is 0.497 e. The highest BCUT2D eigenvalue weighted by atomic mass is 16.5. The third kappa shape index (κ3) is 4.51. The fourth-order valence-electron chi connectivity index (χ4n) is 2.38. The number of nitrogens with one attached hydrogen (secondary N) is 1. The van der Waals surface area contributed by atoms with E-state index in [0.29, 0.717) is 11.6 Å². The molecule has 1 atom stereocenters. The minimum Gasteiger partial charge on any atom is -0.497 e. The maximum absolute atomic E-state index is 12.4. The van der Waals surface area contributed by atoms with Crippen LogP contribution >= 0.6 is 0 Å². The Kier molecular flexibility index (Phi) is 5.85. The molecule has 4 heteroatoms. The summed E-state index contributed by atoms with van der Waals surface area (Å²) in [5, 5.41) is 2.86. The fourth-order valence-corrected chi connectivity index (χ4v) is 2.38. The predicted octanol–water partition coefficient (Wildman–Crippen LogP) is 4.53. The number of hydrogen-bond acceptors (Lipinski definition) is 3. The molecule has 2 rings (SSSR count). The van der Waals surface area contributed by atoms with Gasteiger partial charge in [0.15, 0.2) is 6.10 Å². The predicted molar refractivity (Wildman–Crippen MR) is 97.0 cm³/mol. The molecule has 0 aliphatic rings. The van der Waals surface area contributed by atoms with Crippen molar-refractivity contribution in [3.63, 3.8) is 0 Å². The van der Waals surface area contributed by atoms with Gasteiger partial charge in [-0.15, -0.1) is 0 Å². The van der Waals surface area contributed by atoms with Crippen molar-refractivity contribution in [3.05, 3.63) is 53.6 Å². The topological polar surface area (TPSA) is 47.6 Å². The third-order valence-electron chi connectivity index (χ3n) is 3.82. The number of carbonyl (C=O) groups excluding carboxylic acids is 1. The average Bonchev–Trinajstić information content (AvgIpc) is 2.55. The highest BCUT2D eigenvalue weighted by Gasteiger charge is 2.17. The lowest BCUT2D eigenvalue weighted by Crippen LogP contribution is -2.30. The van der Waals surface area contributed by atoms with Crippen LogP contribution in [0.15, 0.2) is 42.5 Å². The van der Waals surface area contributed by atoms with Gasteiger partial charge in [-0.2, -0.15) is 0 Å². The molecule has 4 nitrogen and oxygen atoms in total. The van der Waals surface area contributed by atoms with Crippen molar-refractivity contribution in [1.82, 2.24) is 0 Å². The summed E-state index contributed by atoms with van der Waals surface area (Å²) in [6.45, 7) is 7.99. The Morgan fingerprint density at radius 1 is 1.04 bits per heavy atom. The van der Waals surface area contributed by atoms with Crippen LogP contribution < -0.4 is 14.8 Å². The number of hydrogen-bond donors (Lipinski definition) is 1. The zero-order chi connectivity index (χ0) is 17.7. The van der Waals surface area contributed by atoms with Gasteiger partial charge >= 0.3 is 0 Å². The molecule has 1 N–H and O–H groups in total. The van der Waals surface area contributed by atoms with E-state index in [-0.39, 0.29) is 5.91 Å². The Bertz CT molecular complexity index is 693. The van der Waals surface area contributed by atoms with Crippen molar-refractivity contribution >= 4 is 11.6 Å². The average molecular weight is 327 g/mol. The summed E-state index contributed by atoms with van der Waals surface area (Å²) in [4.78, 5) is 12.4. The van der Waals surface area contributed by atoms with Gasteiger partial charge in [-0.25, -0.2) is 0 Å². The first-order valence-corrected chi connectivity index (χ1v) is 8.13. The molecule has 2 aromatic rings. The van der Waals surface area contributed by atoms with Crippen LogP contribution in [0.5, 0.6) is 11.5 Å².